The number of rotatable bonds is 5. The number of hydrogen-bond donors (Lipinski definition) is 1. The maximum Gasteiger partial charge on any atom is 0.226 e. The Bertz CT molecular complexity index is 1140. The molecule has 1 aromatic heterocycles. The average molecular weight is 470 g/mol. The Kier molecular flexibility index (Phi) is 5.34. The summed E-state index contributed by atoms with van der Waals surface area (Å²) in [5.41, 5.74) is 2.68. The lowest BCUT2D eigenvalue weighted by atomic mass is 9.85. The SMILES string of the molecule is COc1ccc(C(=O)[C@H]2CC(=O)Nc3c2c(C)nn3-c2ccc(Br)cc2)cc1OC. The molecule has 1 aliphatic rings. The van der Waals surface area contributed by atoms with Gasteiger partial charge in [0.15, 0.2) is 17.3 Å². The van der Waals surface area contributed by atoms with Gasteiger partial charge in [0.2, 0.25) is 5.91 Å². The second kappa shape index (κ2) is 7.95. The van der Waals surface area contributed by atoms with Gasteiger partial charge in [-0.3, -0.25) is 9.59 Å². The molecule has 7 nitrogen and oxygen atoms in total. The van der Waals surface area contributed by atoms with E-state index in [2.05, 4.69) is 26.3 Å². The number of aryl methyl sites for hydroxylation is 1. The topological polar surface area (TPSA) is 82.5 Å². The number of carbonyl (C=O) groups is 2. The molecule has 2 heterocycles. The summed E-state index contributed by atoms with van der Waals surface area (Å²) in [5.74, 6) is 0.521. The Hall–Kier alpha value is -3.13. The van der Waals surface area contributed by atoms with Crippen LogP contribution in [-0.4, -0.2) is 35.7 Å². The van der Waals surface area contributed by atoms with Gasteiger partial charge in [-0.1, -0.05) is 15.9 Å². The van der Waals surface area contributed by atoms with Crippen molar-refractivity contribution in [3.05, 3.63) is 63.8 Å². The Morgan fingerprint density at radius 3 is 2.50 bits per heavy atom. The van der Waals surface area contributed by atoms with E-state index in [9.17, 15) is 9.59 Å². The zero-order valence-electron chi connectivity index (χ0n) is 16.7. The molecule has 0 saturated carbocycles. The molecule has 0 bridgehead atoms. The van der Waals surface area contributed by atoms with E-state index in [1.807, 2.05) is 31.2 Å². The zero-order chi connectivity index (χ0) is 21.4. The van der Waals surface area contributed by atoms with E-state index in [0.717, 1.165) is 15.7 Å². The fraction of sp³-hybridized carbons (Fsp3) is 0.227. The number of carbonyl (C=O) groups excluding carboxylic acids is 2. The third-order valence-electron chi connectivity index (χ3n) is 5.16. The first kappa shape index (κ1) is 20.2. The van der Waals surface area contributed by atoms with E-state index >= 15 is 0 Å². The molecule has 8 heteroatoms. The molecule has 0 saturated heterocycles. The molecule has 0 spiro atoms. The summed E-state index contributed by atoms with van der Waals surface area (Å²) in [7, 11) is 3.06. The van der Waals surface area contributed by atoms with Crippen molar-refractivity contribution in [1.29, 1.82) is 0 Å². The van der Waals surface area contributed by atoms with Crippen LogP contribution in [0.1, 0.15) is 34.0 Å². The highest BCUT2D eigenvalue weighted by atomic mass is 79.9. The van der Waals surface area contributed by atoms with Gasteiger partial charge in [0.05, 0.1) is 31.5 Å². The van der Waals surface area contributed by atoms with Gasteiger partial charge in [-0.2, -0.15) is 5.10 Å². The lowest BCUT2D eigenvalue weighted by molar-refractivity contribution is -0.116. The lowest BCUT2D eigenvalue weighted by Gasteiger charge is -2.23. The van der Waals surface area contributed by atoms with Crippen LogP contribution < -0.4 is 14.8 Å². The minimum atomic E-state index is -0.629. The first-order valence-corrected chi connectivity index (χ1v) is 10.1. The van der Waals surface area contributed by atoms with Crippen LogP contribution >= 0.6 is 15.9 Å². The predicted octanol–water partition coefficient (Wildman–Crippen LogP) is 4.27. The number of halogens is 1. The van der Waals surface area contributed by atoms with Gasteiger partial charge in [0, 0.05) is 22.0 Å². The molecule has 0 radical (unpaired) electrons. The molecule has 0 aliphatic carbocycles. The largest absolute Gasteiger partial charge is 0.493 e. The molecule has 0 fully saturated rings. The van der Waals surface area contributed by atoms with Crippen LogP contribution in [0.5, 0.6) is 11.5 Å². The van der Waals surface area contributed by atoms with Crippen molar-refractivity contribution in [3.63, 3.8) is 0 Å². The maximum absolute atomic E-state index is 13.4. The third-order valence-corrected chi connectivity index (χ3v) is 5.69. The second-order valence-corrected chi connectivity index (χ2v) is 7.89. The summed E-state index contributed by atoms with van der Waals surface area (Å²) in [4.78, 5) is 25.9. The van der Waals surface area contributed by atoms with E-state index in [4.69, 9.17) is 9.47 Å². The van der Waals surface area contributed by atoms with E-state index < -0.39 is 5.92 Å². The van der Waals surface area contributed by atoms with Gasteiger partial charge in [-0.05, 0) is 49.4 Å². The number of methoxy groups -OCH3 is 2. The smallest absolute Gasteiger partial charge is 0.226 e. The number of fused-ring (bicyclic) bond motifs is 1. The number of ketones is 1. The molecular weight excluding hydrogens is 450 g/mol. The number of aromatic nitrogens is 2. The maximum atomic E-state index is 13.4. The van der Waals surface area contributed by atoms with Crippen molar-refractivity contribution >= 4 is 33.4 Å². The molecule has 0 unspecified atom stereocenters. The predicted molar refractivity (Wildman–Crippen MR) is 116 cm³/mol. The fourth-order valence-corrected chi connectivity index (χ4v) is 4.00. The summed E-state index contributed by atoms with van der Waals surface area (Å²) in [5, 5.41) is 7.50. The number of ether oxygens (including phenoxy) is 2. The van der Waals surface area contributed by atoms with E-state index in [0.29, 0.717) is 28.6 Å². The highest BCUT2D eigenvalue weighted by Crippen LogP contribution is 2.39. The number of nitrogens with zero attached hydrogens (tertiary/aromatic N) is 2. The van der Waals surface area contributed by atoms with Crippen molar-refractivity contribution in [2.45, 2.75) is 19.3 Å². The Morgan fingerprint density at radius 1 is 1.13 bits per heavy atom. The van der Waals surface area contributed by atoms with Crippen LogP contribution in [0.2, 0.25) is 0 Å². The summed E-state index contributed by atoms with van der Waals surface area (Å²) >= 11 is 3.42. The third kappa shape index (κ3) is 3.47. The van der Waals surface area contributed by atoms with Gasteiger partial charge < -0.3 is 14.8 Å². The van der Waals surface area contributed by atoms with Crippen LogP contribution in [0.15, 0.2) is 46.9 Å². The minimum Gasteiger partial charge on any atom is -0.493 e. The number of anilines is 1. The Balaban J connectivity index is 1.78. The molecule has 3 aromatic rings. The summed E-state index contributed by atoms with van der Waals surface area (Å²) < 4.78 is 13.2. The van der Waals surface area contributed by atoms with Gasteiger partial charge >= 0.3 is 0 Å². The zero-order valence-corrected chi connectivity index (χ0v) is 18.3. The van der Waals surface area contributed by atoms with Crippen molar-refractivity contribution in [1.82, 2.24) is 9.78 Å². The standard InChI is InChI=1S/C22H20BrN3O4/c1-12-20-16(21(28)13-4-9-17(29-2)18(10-13)30-3)11-19(27)24-22(20)26(25-12)15-7-5-14(23)6-8-15/h4-10,16H,11H2,1-3H3,(H,24,27)/t16-/m0/s1. The highest BCUT2D eigenvalue weighted by molar-refractivity contribution is 9.10. The van der Waals surface area contributed by atoms with Gasteiger partial charge in [0.25, 0.3) is 0 Å². The van der Waals surface area contributed by atoms with Crippen molar-refractivity contribution in [2.75, 3.05) is 19.5 Å². The Morgan fingerprint density at radius 2 is 1.83 bits per heavy atom. The average Bonchev–Trinajstić information content (AvgIpc) is 3.08. The first-order valence-electron chi connectivity index (χ1n) is 9.34. The molecule has 1 aliphatic heterocycles. The van der Waals surface area contributed by atoms with Crippen LogP contribution in [0, 0.1) is 6.92 Å². The fourth-order valence-electron chi connectivity index (χ4n) is 3.73. The summed E-state index contributed by atoms with van der Waals surface area (Å²) in [6.45, 7) is 1.85. The van der Waals surface area contributed by atoms with Gasteiger partial charge in [-0.15, -0.1) is 0 Å². The number of Topliss-reactive ketones (excluding diaryl/α,β-unsaturated/α-hetero) is 1. The van der Waals surface area contributed by atoms with Crippen molar-refractivity contribution in [2.24, 2.45) is 0 Å². The van der Waals surface area contributed by atoms with Crippen LogP contribution in [0.3, 0.4) is 0 Å². The van der Waals surface area contributed by atoms with E-state index in [1.165, 1.54) is 14.2 Å². The number of benzene rings is 2. The number of amides is 1. The molecule has 2 aromatic carbocycles. The Labute approximate surface area is 182 Å². The molecule has 1 amide bonds. The summed E-state index contributed by atoms with van der Waals surface area (Å²) in [6, 6.07) is 12.6. The van der Waals surface area contributed by atoms with Crippen molar-refractivity contribution in [3.8, 4) is 17.2 Å². The number of hydrogen-bond acceptors (Lipinski definition) is 5. The lowest BCUT2D eigenvalue weighted by Crippen LogP contribution is -2.28. The first-order chi connectivity index (χ1) is 14.4. The molecule has 30 heavy (non-hydrogen) atoms. The van der Waals surface area contributed by atoms with E-state index in [1.54, 1.807) is 22.9 Å². The van der Waals surface area contributed by atoms with Crippen molar-refractivity contribution < 1.29 is 19.1 Å². The van der Waals surface area contributed by atoms with Crippen LogP contribution in [-0.2, 0) is 4.79 Å². The van der Waals surface area contributed by atoms with Gasteiger partial charge in [-0.25, -0.2) is 4.68 Å². The quantitative estimate of drug-likeness (QED) is 0.564. The monoisotopic (exact) mass is 469 g/mol. The summed E-state index contributed by atoms with van der Waals surface area (Å²) in [6.07, 6.45) is 0.0625. The minimum absolute atomic E-state index is 0.0625. The van der Waals surface area contributed by atoms with Crippen LogP contribution in [0.4, 0.5) is 5.82 Å². The molecule has 1 N–H and O–H groups in total. The molecular formula is C22H20BrN3O4. The molecule has 154 valence electrons. The van der Waals surface area contributed by atoms with Crippen LogP contribution in [0.25, 0.3) is 5.69 Å². The van der Waals surface area contributed by atoms with Gasteiger partial charge in [0.1, 0.15) is 5.82 Å². The molecule has 1 atom stereocenters. The highest BCUT2D eigenvalue weighted by Gasteiger charge is 2.36. The molecule has 4 rings (SSSR count). The van der Waals surface area contributed by atoms with E-state index in [-0.39, 0.29) is 18.1 Å². The number of nitrogens with one attached hydrogen (secondary N) is 1. The normalized spacial score (nSPS) is 15.3. The second-order valence-electron chi connectivity index (χ2n) is 6.97.